The van der Waals surface area contributed by atoms with Gasteiger partial charge in [0.25, 0.3) is 0 Å². The Morgan fingerprint density at radius 2 is 0.691 bits per heavy atom. The van der Waals surface area contributed by atoms with Crippen LogP contribution in [0.25, 0.3) is 0 Å². The van der Waals surface area contributed by atoms with Gasteiger partial charge in [-0.2, -0.15) is 0 Å². The molecule has 0 heterocycles. The molecular formula is C40H72O15. The number of aryl methyl sites for hydroxylation is 1. The summed E-state index contributed by atoms with van der Waals surface area (Å²) < 4.78 is 70.8. The van der Waals surface area contributed by atoms with Crippen molar-refractivity contribution in [3.63, 3.8) is 0 Å². The highest BCUT2D eigenvalue weighted by atomic mass is 16.6. The number of hydrogen-bond acceptors (Lipinski definition) is 14. The van der Waals surface area contributed by atoms with Crippen LogP contribution in [0.5, 0.6) is 5.75 Å². The summed E-state index contributed by atoms with van der Waals surface area (Å²) in [7, 11) is 0. The molecule has 0 aliphatic rings. The molecule has 0 unspecified atom stereocenters. The van der Waals surface area contributed by atoms with Crippen molar-refractivity contribution in [3.05, 3.63) is 29.8 Å². The first-order chi connectivity index (χ1) is 27.2. The van der Waals surface area contributed by atoms with Crippen LogP contribution in [0, 0.1) is 0 Å². The molecule has 0 fully saturated rings. The van der Waals surface area contributed by atoms with Crippen molar-refractivity contribution in [2.45, 2.75) is 51.9 Å². The molecular weight excluding hydrogens is 720 g/mol. The summed E-state index contributed by atoms with van der Waals surface area (Å²) in [5.74, 6) is -0.117. The number of unbranched alkanes of at least 4 members (excludes halogenated alkanes) is 5. The molecule has 15 nitrogen and oxygen atoms in total. The molecule has 322 valence electrons. The van der Waals surface area contributed by atoms with E-state index in [9.17, 15) is 4.79 Å². The van der Waals surface area contributed by atoms with Gasteiger partial charge in [0.2, 0.25) is 0 Å². The van der Waals surface area contributed by atoms with Gasteiger partial charge in [0.1, 0.15) is 19.0 Å². The normalized spacial score (nSPS) is 11.4. The van der Waals surface area contributed by atoms with Crippen LogP contribution < -0.4 is 4.74 Å². The summed E-state index contributed by atoms with van der Waals surface area (Å²) in [5.41, 5.74) is 1.37. The smallest absolute Gasteiger partial charge is 0.329 e. The van der Waals surface area contributed by atoms with E-state index in [1.54, 1.807) is 0 Å². The number of ether oxygens (including phenoxy) is 13. The zero-order chi connectivity index (χ0) is 39.4. The summed E-state index contributed by atoms with van der Waals surface area (Å²) in [6, 6.07) is 8.42. The van der Waals surface area contributed by atoms with Gasteiger partial charge in [0, 0.05) is 0 Å². The van der Waals surface area contributed by atoms with Crippen LogP contribution >= 0.6 is 0 Å². The average molecular weight is 793 g/mol. The van der Waals surface area contributed by atoms with Gasteiger partial charge in [0.05, 0.1) is 152 Å². The zero-order valence-electron chi connectivity index (χ0n) is 33.6. The van der Waals surface area contributed by atoms with E-state index in [1.165, 1.54) is 44.1 Å². The van der Waals surface area contributed by atoms with Crippen LogP contribution in [-0.4, -0.2) is 176 Å². The van der Waals surface area contributed by atoms with E-state index in [4.69, 9.17) is 66.7 Å². The minimum atomic E-state index is -0.996. The molecule has 1 rings (SSSR count). The first-order valence-electron chi connectivity index (χ1n) is 20.1. The summed E-state index contributed by atoms with van der Waals surface area (Å²) in [5, 5.41) is 8.44. The third-order valence-corrected chi connectivity index (χ3v) is 7.56. The van der Waals surface area contributed by atoms with Crippen LogP contribution in [0.1, 0.15) is 51.0 Å². The minimum Gasteiger partial charge on any atom is -0.491 e. The van der Waals surface area contributed by atoms with Crippen LogP contribution in [0.2, 0.25) is 0 Å². The molecule has 55 heavy (non-hydrogen) atoms. The highest BCUT2D eigenvalue weighted by Crippen LogP contribution is 2.15. The predicted octanol–water partition coefficient (Wildman–Crippen LogP) is 4.25. The number of carbonyl (C=O) groups is 1. The largest absolute Gasteiger partial charge is 0.491 e. The van der Waals surface area contributed by atoms with Crippen molar-refractivity contribution in [3.8, 4) is 5.75 Å². The number of rotatable bonds is 46. The molecule has 0 saturated heterocycles. The molecule has 0 bridgehead atoms. The molecule has 0 radical (unpaired) electrons. The zero-order valence-corrected chi connectivity index (χ0v) is 33.6. The van der Waals surface area contributed by atoms with E-state index in [-0.39, 0.29) is 13.2 Å². The molecule has 0 amide bonds. The maximum absolute atomic E-state index is 10.3. The predicted molar refractivity (Wildman–Crippen MR) is 206 cm³/mol. The molecule has 0 atom stereocenters. The summed E-state index contributed by atoms with van der Waals surface area (Å²) in [4.78, 5) is 10.3. The van der Waals surface area contributed by atoms with Crippen molar-refractivity contribution < 1.29 is 71.5 Å². The fourth-order valence-corrected chi connectivity index (χ4v) is 4.66. The van der Waals surface area contributed by atoms with E-state index in [0.717, 1.165) is 12.2 Å². The van der Waals surface area contributed by atoms with Crippen LogP contribution in [-0.2, 0) is 68.1 Å². The van der Waals surface area contributed by atoms with Crippen LogP contribution in [0.15, 0.2) is 24.3 Å². The van der Waals surface area contributed by atoms with Gasteiger partial charge in [-0.15, -0.1) is 0 Å². The first kappa shape index (κ1) is 51.0. The Kier molecular flexibility index (Phi) is 40.0. The number of carboxylic acid groups (broad SMARTS) is 1. The van der Waals surface area contributed by atoms with Gasteiger partial charge < -0.3 is 66.7 Å². The summed E-state index contributed by atoms with van der Waals surface area (Å²) in [6.45, 7) is 13.3. The number of carboxylic acids is 1. The Balaban J connectivity index is 1.66. The van der Waals surface area contributed by atoms with Gasteiger partial charge in [-0.25, -0.2) is 4.79 Å². The van der Waals surface area contributed by atoms with E-state index in [1.807, 2.05) is 12.1 Å². The maximum Gasteiger partial charge on any atom is 0.329 e. The quantitative estimate of drug-likeness (QED) is 0.0935. The van der Waals surface area contributed by atoms with Crippen molar-refractivity contribution in [1.29, 1.82) is 0 Å². The summed E-state index contributed by atoms with van der Waals surface area (Å²) >= 11 is 0. The Labute approximate surface area is 329 Å². The highest BCUT2D eigenvalue weighted by molar-refractivity contribution is 5.67. The Hall–Kier alpha value is -1.99. The molecule has 1 aromatic carbocycles. The average Bonchev–Trinajstić information content (AvgIpc) is 3.19. The van der Waals surface area contributed by atoms with Gasteiger partial charge in [-0.05, 0) is 30.5 Å². The van der Waals surface area contributed by atoms with Gasteiger partial charge in [0.15, 0.2) is 0 Å². The molecule has 0 aromatic heterocycles. The lowest BCUT2D eigenvalue weighted by Crippen LogP contribution is -2.16. The van der Waals surface area contributed by atoms with Gasteiger partial charge >= 0.3 is 5.97 Å². The molecule has 1 N–H and O–H groups in total. The minimum absolute atomic E-state index is 0.240. The number of hydrogen-bond donors (Lipinski definition) is 1. The van der Waals surface area contributed by atoms with Gasteiger partial charge in [-0.1, -0.05) is 51.2 Å². The fraction of sp³-hybridized carbons (Fsp3) is 0.825. The number of benzene rings is 1. The number of aliphatic carboxylic acids is 1. The van der Waals surface area contributed by atoms with Crippen molar-refractivity contribution in [2.75, 3.05) is 165 Å². The lowest BCUT2D eigenvalue weighted by Gasteiger charge is -2.09. The van der Waals surface area contributed by atoms with E-state index in [2.05, 4.69) is 19.1 Å². The second-order valence-electron chi connectivity index (χ2n) is 12.2. The monoisotopic (exact) mass is 792 g/mol. The Bertz CT molecular complexity index is 909. The Morgan fingerprint density at radius 1 is 0.400 bits per heavy atom. The third-order valence-electron chi connectivity index (χ3n) is 7.56. The van der Waals surface area contributed by atoms with E-state index < -0.39 is 5.97 Å². The lowest BCUT2D eigenvalue weighted by molar-refractivity contribution is -0.142. The Morgan fingerprint density at radius 3 is 1.02 bits per heavy atom. The van der Waals surface area contributed by atoms with Crippen LogP contribution in [0.4, 0.5) is 0 Å². The fourth-order valence-electron chi connectivity index (χ4n) is 4.66. The second-order valence-corrected chi connectivity index (χ2v) is 12.2. The third kappa shape index (κ3) is 40.0. The van der Waals surface area contributed by atoms with Crippen LogP contribution in [0.3, 0.4) is 0 Å². The van der Waals surface area contributed by atoms with E-state index >= 15 is 0 Å². The van der Waals surface area contributed by atoms with Crippen molar-refractivity contribution in [2.24, 2.45) is 0 Å². The van der Waals surface area contributed by atoms with Crippen molar-refractivity contribution in [1.82, 2.24) is 0 Å². The summed E-state index contributed by atoms with van der Waals surface area (Å²) in [6.07, 6.45) is 9.06. The molecule has 0 spiro atoms. The first-order valence-corrected chi connectivity index (χ1v) is 20.1. The molecule has 0 aliphatic carbocycles. The van der Waals surface area contributed by atoms with Gasteiger partial charge in [-0.3, -0.25) is 0 Å². The van der Waals surface area contributed by atoms with E-state index in [0.29, 0.717) is 152 Å². The molecule has 0 aliphatic heterocycles. The molecule has 1 aromatic rings. The highest BCUT2D eigenvalue weighted by Gasteiger charge is 2.00. The van der Waals surface area contributed by atoms with Crippen molar-refractivity contribution >= 4 is 5.97 Å². The topological polar surface area (TPSA) is 157 Å². The maximum atomic E-state index is 10.3. The second kappa shape index (κ2) is 43.1. The molecule has 15 heteroatoms. The lowest BCUT2D eigenvalue weighted by atomic mass is 10.0. The standard InChI is InChI=1S/C40H72O15/c1-2-3-4-5-6-7-8-38-9-11-39(12-10-38)55-36-35-53-32-31-51-28-27-49-24-23-47-20-19-45-16-15-43-13-14-44-17-18-46-21-22-48-25-26-50-29-30-52-33-34-54-37-40(41)42/h9-12H,2-8,13-37H2,1H3,(H,41,42). The molecule has 0 saturated carbocycles. The SMILES string of the molecule is CCCCCCCCc1ccc(OCCOCCOCCOCCOCCOCCOCCOCCOCCOCCOCCOCCOCC(=O)O)cc1.